The molecule has 0 radical (unpaired) electrons. The highest BCUT2D eigenvalue weighted by Crippen LogP contribution is 2.07. The van der Waals surface area contributed by atoms with Gasteiger partial charge in [-0.3, -0.25) is 4.79 Å². The molecule has 3 nitrogen and oxygen atoms in total. The van der Waals surface area contributed by atoms with E-state index < -0.39 is 0 Å². The summed E-state index contributed by atoms with van der Waals surface area (Å²) in [5.74, 6) is -0.209. The first kappa shape index (κ1) is 13.7. The first-order chi connectivity index (χ1) is 8.02. The van der Waals surface area contributed by atoms with Crippen LogP contribution in [0.3, 0.4) is 0 Å². The maximum Gasteiger partial charge on any atom is 0.323 e. The summed E-state index contributed by atoms with van der Waals surface area (Å²) < 4.78 is 4.81. The highest BCUT2D eigenvalue weighted by atomic mass is 16.5. The summed E-state index contributed by atoms with van der Waals surface area (Å²) in [6, 6.07) is 8.19. The first-order valence-corrected chi connectivity index (χ1v) is 5.92. The quantitative estimate of drug-likeness (QED) is 0.794. The van der Waals surface area contributed by atoms with E-state index in [1.54, 1.807) is 0 Å². The van der Waals surface area contributed by atoms with Gasteiger partial charge in [0.1, 0.15) is 6.04 Å². The van der Waals surface area contributed by atoms with Gasteiger partial charge < -0.3 is 10.1 Å². The molecule has 1 aromatic carbocycles. The van der Waals surface area contributed by atoms with Crippen molar-refractivity contribution in [3.05, 3.63) is 35.4 Å². The molecule has 17 heavy (non-hydrogen) atoms. The van der Waals surface area contributed by atoms with E-state index in [9.17, 15) is 4.79 Å². The third-order valence-corrected chi connectivity index (χ3v) is 2.58. The Labute approximate surface area is 103 Å². The van der Waals surface area contributed by atoms with E-state index in [1.807, 2.05) is 32.9 Å². The number of nitrogens with one attached hydrogen (secondary N) is 1. The number of aryl methyl sites for hydroxylation is 1. The smallest absolute Gasteiger partial charge is 0.323 e. The molecule has 0 aromatic heterocycles. The molecule has 1 N–H and O–H groups in total. The number of esters is 1. The van der Waals surface area contributed by atoms with Crippen LogP contribution in [0.1, 0.15) is 25.0 Å². The zero-order valence-corrected chi connectivity index (χ0v) is 11.0. The van der Waals surface area contributed by atoms with Crippen LogP contribution in [-0.2, 0) is 16.0 Å². The lowest BCUT2D eigenvalue weighted by Gasteiger charge is -2.19. The van der Waals surface area contributed by atoms with Crippen molar-refractivity contribution >= 4 is 5.97 Å². The van der Waals surface area contributed by atoms with Gasteiger partial charge in [0, 0.05) is 6.04 Å². The van der Waals surface area contributed by atoms with Crippen LogP contribution < -0.4 is 5.32 Å². The van der Waals surface area contributed by atoms with Crippen molar-refractivity contribution in [2.45, 2.75) is 39.3 Å². The predicted octanol–water partition coefficient (Wildman–Crippen LogP) is 2.08. The molecule has 0 saturated carbocycles. The van der Waals surface area contributed by atoms with E-state index in [-0.39, 0.29) is 18.1 Å². The van der Waals surface area contributed by atoms with Gasteiger partial charge in [-0.05, 0) is 18.9 Å². The van der Waals surface area contributed by atoms with Crippen LogP contribution in [0.25, 0.3) is 0 Å². The fourth-order valence-electron chi connectivity index (χ4n) is 1.71. The maximum absolute atomic E-state index is 11.6. The fourth-order valence-corrected chi connectivity index (χ4v) is 1.71. The SMILES string of the molecule is COC(=O)[C@H](Cc1ccc(C)cc1)NC(C)C. The molecule has 0 unspecified atom stereocenters. The van der Waals surface area contributed by atoms with Crippen molar-refractivity contribution < 1.29 is 9.53 Å². The molecule has 1 atom stereocenters. The normalized spacial score (nSPS) is 12.5. The highest BCUT2D eigenvalue weighted by molar-refractivity contribution is 5.76. The van der Waals surface area contributed by atoms with Crippen LogP contribution in [0.5, 0.6) is 0 Å². The summed E-state index contributed by atoms with van der Waals surface area (Å²) >= 11 is 0. The number of hydrogen-bond acceptors (Lipinski definition) is 3. The second kappa shape index (κ2) is 6.40. The second-order valence-electron chi connectivity index (χ2n) is 4.59. The van der Waals surface area contributed by atoms with Crippen molar-refractivity contribution in [2.24, 2.45) is 0 Å². The number of carbonyl (C=O) groups is 1. The molecule has 0 bridgehead atoms. The van der Waals surface area contributed by atoms with Crippen molar-refractivity contribution in [3.8, 4) is 0 Å². The Morgan fingerprint density at radius 2 is 1.88 bits per heavy atom. The van der Waals surface area contributed by atoms with Crippen molar-refractivity contribution in [1.29, 1.82) is 0 Å². The van der Waals surface area contributed by atoms with E-state index in [2.05, 4.69) is 17.4 Å². The van der Waals surface area contributed by atoms with E-state index in [0.717, 1.165) is 5.56 Å². The molecule has 0 aliphatic carbocycles. The van der Waals surface area contributed by atoms with E-state index in [0.29, 0.717) is 6.42 Å². The molecule has 1 aromatic rings. The molecule has 0 spiro atoms. The predicted molar refractivity (Wildman–Crippen MR) is 69.0 cm³/mol. The zero-order valence-electron chi connectivity index (χ0n) is 11.0. The molecule has 0 fully saturated rings. The second-order valence-corrected chi connectivity index (χ2v) is 4.59. The number of rotatable bonds is 5. The molecule has 0 aliphatic rings. The molecule has 1 rings (SSSR count). The van der Waals surface area contributed by atoms with Gasteiger partial charge in [-0.15, -0.1) is 0 Å². The van der Waals surface area contributed by atoms with Gasteiger partial charge in [0.05, 0.1) is 7.11 Å². The lowest BCUT2D eigenvalue weighted by molar-refractivity contribution is -0.143. The van der Waals surface area contributed by atoms with Gasteiger partial charge in [-0.25, -0.2) is 0 Å². The van der Waals surface area contributed by atoms with Crippen LogP contribution in [-0.4, -0.2) is 25.2 Å². The Morgan fingerprint density at radius 1 is 1.29 bits per heavy atom. The molecular formula is C14H21NO2. The molecule has 0 heterocycles. The topological polar surface area (TPSA) is 38.3 Å². The number of hydrogen-bond donors (Lipinski definition) is 1. The standard InChI is InChI=1S/C14H21NO2/c1-10(2)15-13(14(16)17-4)9-12-7-5-11(3)6-8-12/h5-8,10,13,15H,9H2,1-4H3/t13-/m0/s1. The monoisotopic (exact) mass is 235 g/mol. The minimum atomic E-state index is -0.275. The third kappa shape index (κ3) is 4.57. The van der Waals surface area contributed by atoms with Gasteiger partial charge in [0.2, 0.25) is 0 Å². The van der Waals surface area contributed by atoms with Gasteiger partial charge in [-0.2, -0.15) is 0 Å². The van der Waals surface area contributed by atoms with Crippen LogP contribution in [0.4, 0.5) is 0 Å². The average Bonchev–Trinajstić information content (AvgIpc) is 2.29. The molecule has 94 valence electrons. The minimum absolute atomic E-state index is 0.209. The van der Waals surface area contributed by atoms with Gasteiger partial charge in [0.25, 0.3) is 0 Å². The number of methoxy groups -OCH3 is 1. The Bertz CT molecular complexity index is 357. The van der Waals surface area contributed by atoms with E-state index in [4.69, 9.17) is 4.74 Å². The van der Waals surface area contributed by atoms with Gasteiger partial charge in [-0.1, -0.05) is 43.7 Å². The molecule has 0 amide bonds. The Hall–Kier alpha value is -1.35. The first-order valence-electron chi connectivity index (χ1n) is 5.92. The Kier molecular flexibility index (Phi) is 5.16. The largest absolute Gasteiger partial charge is 0.468 e. The van der Waals surface area contributed by atoms with Gasteiger partial charge in [0.15, 0.2) is 0 Å². The summed E-state index contributed by atoms with van der Waals surface area (Å²) in [6.45, 7) is 6.09. The van der Waals surface area contributed by atoms with Crippen molar-refractivity contribution in [1.82, 2.24) is 5.32 Å². The van der Waals surface area contributed by atoms with Crippen LogP contribution >= 0.6 is 0 Å². The van der Waals surface area contributed by atoms with Crippen molar-refractivity contribution in [3.63, 3.8) is 0 Å². The average molecular weight is 235 g/mol. The zero-order chi connectivity index (χ0) is 12.8. The maximum atomic E-state index is 11.6. The Balaban J connectivity index is 2.71. The number of benzene rings is 1. The molecule has 3 heteroatoms. The van der Waals surface area contributed by atoms with Crippen LogP contribution in [0.2, 0.25) is 0 Å². The summed E-state index contributed by atoms with van der Waals surface area (Å²) in [5.41, 5.74) is 2.36. The summed E-state index contributed by atoms with van der Waals surface area (Å²) in [7, 11) is 1.42. The van der Waals surface area contributed by atoms with E-state index in [1.165, 1.54) is 12.7 Å². The summed E-state index contributed by atoms with van der Waals surface area (Å²) in [4.78, 5) is 11.6. The third-order valence-electron chi connectivity index (χ3n) is 2.58. The van der Waals surface area contributed by atoms with Crippen molar-refractivity contribution in [2.75, 3.05) is 7.11 Å². The lowest BCUT2D eigenvalue weighted by Crippen LogP contribution is -2.43. The Morgan fingerprint density at radius 3 is 2.35 bits per heavy atom. The van der Waals surface area contributed by atoms with Crippen LogP contribution in [0.15, 0.2) is 24.3 Å². The van der Waals surface area contributed by atoms with Gasteiger partial charge >= 0.3 is 5.97 Å². The molecule has 0 aliphatic heterocycles. The van der Waals surface area contributed by atoms with E-state index >= 15 is 0 Å². The summed E-state index contributed by atoms with van der Waals surface area (Å²) in [5, 5.41) is 3.22. The fraction of sp³-hybridized carbons (Fsp3) is 0.500. The lowest BCUT2D eigenvalue weighted by atomic mass is 10.0. The molecular weight excluding hydrogens is 214 g/mol. The minimum Gasteiger partial charge on any atom is -0.468 e. The number of ether oxygens (including phenoxy) is 1. The molecule has 0 saturated heterocycles. The van der Waals surface area contributed by atoms with Crippen LogP contribution in [0, 0.1) is 6.92 Å². The summed E-state index contributed by atoms with van der Waals surface area (Å²) in [6.07, 6.45) is 0.658. The highest BCUT2D eigenvalue weighted by Gasteiger charge is 2.19. The number of carbonyl (C=O) groups excluding carboxylic acids is 1.